The smallest absolute Gasteiger partial charge is 0.221 e. The van der Waals surface area contributed by atoms with Crippen molar-refractivity contribution in [1.82, 2.24) is 10.2 Å². The van der Waals surface area contributed by atoms with Crippen LogP contribution in [0.4, 0.5) is 0 Å². The van der Waals surface area contributed by atoms with E-state index < -0.39 is 0 Å². The number of hydrogen-bond acceptors (Lipinski definition) is 2. The van der Waals surface area contributed by atoms with Crippen LogP contribution in [0.2, 0.25) is 0 Å². The molecule has 4 nitrogen and oxygen atoms in total. The second-order valence-electron chi connectivity index (χ2n) is 3.63. The first-order valence-electron chi connectivity index (χ1n) is 4.71. The van der Waals surface area contributed by atoms with Gasteiger partial charge in [0.05, 0.1) is 5.84 Å². The molecule has 0 spiro atoms. The number of amidine groups is 1. The van der Waals surface area contributed by atoms with Gasteiger partial charge in [0.15, 0.2) is 0 Å². The molecule has 0 bridgehead atoms. The summed E-state index contributed by atoms with van der Waals surface area (Å²) in [5.74, 6) is 0.976. The predicted molar refractivity (Wildman–Crippen MR) is 51.8 cm³/mol. The van der Waals surface area contributed by atoms with Crippen molar-refractivity contribution in [2.75, 3.05) is 19.6 Å². The molecular weight excluding hydrogens is 166 g/mol. The Morgan fingerprint density at radius 1 is 1.54 bits per heavy atom. The van der Waals surface area contributed by atoms with Gasteiger partial charge >= 0.3 is 0 Å². The molecule has 1 rings (SSSR count). The zero-order valence-electron chi connectivity index (χ0n) is 8.26. The van der Waals surface area contributed by atoms with E-state index in [1.807, 2.05) is 18.7 Å². The summed E-state index contributed by atoms with van der Waals surface area (Å²) < 4.78 is 0. The highest BCUT2D eigenvalue weighted by Gasteiger charge is 2.17. The average molecular weight is 183 g/mol. The number of carbonyl (C=O) groups excluding carboxylic acids is 1. The Bertz CT molecular complexity index is 213. The first-order chi connectivity index (χ1) is 6.11. The molecule has 1 fully saturated rings. The van der Waals surface area contributed by atoms with Crippen molar-refractivity contribution in [1.29, 1.82) is 5.41 Å². The molecule has 13 heavy (non-hydrogen) atoms. The summed E-state index contributed by atoms with van der Waals surface area (Å²) in [5, 5.41) is 10.6. The van der Waals surface area contributed by atoms with E-state index in [1.165, 1.54) is 0 Å². The van der Waals surface area contributed by atoms with E-state index in [1.54, 1.807) is 0 Å². The van der Waals surface area contributed by atoms with Gasteiger partial charge in [-0.15, -0.1) is 0 Å². The second-order valence-corrected chi connectivity index (χ2v) is 3.63. The van der Waals surface area contributed by atoms with Gasteiger partial charge in [0.1, 0.15) is 0 Å². The van der Waals surface area contributed by atoms with E-state index in [0.29, 0.717) is 25.3 Å². The Hall–Kier alpha value is -1.06. The summed E-state index contributed by atoms with van der Waals surface area (Å²) in [7, 11) is 0. The highest BCUT2D eigenvalue weighted by molar-refractivity contribution is 5.83. The molecule has 1 amide bonds. The van der Waals surface area contributed by atoms with E-state index in [-0.39, 0.29) is 11.8 Å². The van der Waals surface area contributed by atoms with Gasteiger partial charge in [0, 0.05) is 32.0 Å². The van der Waals surface area contributed by atoms with Crippen LogP contribution in [-0.4, -0.2) is 36.3 Å². The van der Waals surface area contributed by atoms with Gasteiger partial charge in [0.2, 0.25) is 5.91 Å². The molecule has 2 N–H and O–H groups in total. The predicted octanol–water partition coefficient (Wildman–Crippen LogP) is 0.442. The molecular formula is C9H17N3O. The minimum Gasteiger partial charge on any atom is -0.358 e. The van der Waals surface area contributed by atoms with Crippen molar-refractivity contribution in [2.45, 2.75) is 20.3 Å². The molecule has 4 heteroatoms. The number of carbonyl (C=O) groups is 1. The molecule has 74 valence electrons. The Morgan fingerprint density at radius 3 is 2.85 bits per heavy atom. The van der Waals surface area contributed by atoms with Crippen molar-refractivity contribution >= 4 is 11.7 Å². The van der Waals surface area contributed by atoms with E-state index in [0.717, 1.165) is 6.54 Å². The molecule has 0 radical (unpaired) electrons. The van der Waals surface area contributed by atoms with Gasteiger partial charge in [-0.2, -0.15) is 0 Å². The summed E-state index contributed by atoms with van der Waals surface area (Å²) in [6.07, 6.45) is 0.509. The minimum atomic E-state index is 0.0963. The van der Waals surface area contributed by atoms with Gasteiger partial charge in [-0.05, 0) is 0 Å². The van der Waals surface area contributed by atoms with Crippen LogP contribution in [0.25, 0.3) is 0 Å². The van der Waals surface area contributed by atoms with E-state index in [2.05, 4.69) is 5.32 Å². The average Bonchev–Trinajstić information content (AvgIpc) is 2.28. The van der Waals surface area contributed by atoms with Crippen molar-refractivity contribution in [3.05, 3.63) is 0 Å². The van der Waals surface area contributed by atoms with E-state index in [4.69, 9.17) is 5.41 Å². The van der Waals surface area contributed by atoms with Crippen LogP contribution in [-0.2, 0) is 4.79 Å². The summed E-state index contributed by atoms with van der Waals surface area (Å²) in [5.41, 5.74) is 0. The van der Waals surface area contributed by atoms with Crippen molar-refractivity contribution in [2.24, 2.45) is 5.92 Å². The zero-order valence-corrected chi connectivity index (χ0v) is 8.26. The zero-order chi connectivity index (χ0) is 9.84. The van der Waals surface area contributed by atoms with Crippen LogP contribution >= 0.6 is 0 Å². The Kier molecular flexibility index (Phi) is 3.28. The lowest BCUT2D eigenvalue weighted by Crippen LogP contribution is -2.36. The van der Waals surface area contributed by atoms with Crippen LogP contribution < -0.4 is 5.32 Å². The van der Waals surface area contributed by atoms with Crippen molar-refractivity contribution in [3.63, 3.8) is 0 Å². The van der Waals surface area contributed by atoms with Crippen LogP contribution in [0.3, 0.4) is 0 Å². The van der Waals surface area contributed by atoms with Gasteiger partial charge in [-0.3, -0.25) is 10.2 Å². The van der Waals surface area contributed by atoms with Crippen LogP contribution in [0.5, 0.6) is 0 Å². The molecule has 1 saturated heterocycles. The molecule has 0 aliphatic carbocycles. The fourth-order valence-corrected chi connectivity index (χ4v) is 1.37. The second kappa shape index (κ2) is 4.25. The maximum absolute atomic E-state index is 11.0. The molecule has 0 atom stereocenters. The lowest BCUT2D eigenvalue weighted by Gasteiger charge is -2.24. The SMILES string of the molecule is CC(C)C(=N)N1CCNC(=O)CC1. The Labute approximate surface area is 78.8 Å². The molecule has 1 aliphatic heterocycles. The standard InChI is InChI=1S/C9H17N3O/c1-7(2)9(10)12-5-3-8(13)11-4-6-12/h7,10H,3-6H2,1-2H3,(H,11,13). The summed E-state index contributed by atoms with van der Waals surface area (Å²) in [4.78, 5) is 13.0. The monoisotopic (exact) mass is 183 g/mol. The van der Waals surface area contributed by atoms with Crippen LogP contribution in [0.1, 0.15) is 20.3 Å². The molecule has 0 aromatic carbocycles. The summed E-state index contributed by atoms with van der Waals surface area (Å²) in [6, 6.07) is 0. The maximum Gasteiger partial charge on any atom is 0.221 e. The van der Waals surface area contributed by atoms with Crippen molar-refractivity contribution < 1.29 is 4.79 Å². The third-order valence-electron chi connectivity index (χ3n) is 2.20. The van der Waals surface area contributed by atoms with E-state index >= 15 is 0 Å². The fourth-order valence-electron chi connectivity index (χ4n) is 1.37. The summed E-state index contributed by atoms with van der Waals surface area (Å²) >= 11 is 0. The Balaban J connectivity index is 2.51. The highest BCUT2D eigenvalue weighted by atomic mass is 16.1. The van der Waals surface area contributed by atoms with E-state index in [9.17, 15) is 4.79 Å². The van der Waals surface area contributed by atoms with Gasteiger partial charge in [0.25, 0.3) is 0 Å². The lowest BCUT2D eigenvalue weighted by molar-refractivity contribution is -0.120. The minimum absolute atomic E-state index is 0.0963. The molecule has 0 unspecified atom stereocenters. The van der Waals surface area contributed by atoms with Crippen LogP contribution in [0, 0.1) is 11.3 Å². The van der Waals surface area contributed by atoms with Gasteiger partial charge in [-0.1, -0.05) is 13.8 Å². The molecule has 0 aromatic heterocycles. The first kappa shape index (κ1) is 10.0. The third kappa shape index (κ3) is 2.72. The third-order valence-corrected chi connectivity index (χ3v) is 2.20. The fraction of sp³-hybridized carbons (Fsp3) is 0.778. The molecule has 0 aromatic rings. The number of nitrogens with one attached hydrogen (secondary N) is 2. The molecule has 1 heterocycles. The Morgan fingerprint density at radius 2 is 2.23 bits per heavy atom. The lowest BCUT2D eigenvalue weighted by atomic mass is 10.2. The highest BCUT2D eigenvalue weighted by Crippen LogP contribution is 2.04. The largest absolute Gasteiger partial charge is 0.358 e. The molecule has 0 saturated carbocycles. The summed E-state index contributed by atoms with van der Waals surface area (Å²) in [6.45, 7) is 6.12. The number of amides is 1. The topological polar surface area (TPSA) is 56.2 Å². The van der Waals surface area contributed by atoms with Gasteiger partial charge < -0.3 is 10.2 Å². The number of nitrogens with zero attached hydrogens (tertiary/aromatic N) is 1. The first-order valence-corrected chi connectivity index (χ1v) is 4.71. The normalized spacial score (nSPS) is 18.4. The van der Waals surface area contributed by atoms with Crippen LogP contribution in [0.15, 0.2) is 0 Å². The molecule has 1 aliphatic rings. The quantitative estimate of drug-likeness (QED) is 0.458. The van der Waals surface area contributed by atoms with Crippen molar-refractivity contribution in [3.8, 4) is 0 Å². The number of hydrogen-bond donors (Lipinski definition) is 2. The number of rotatable bonds is 1. The van der Waals surface area contributed by atoms with Gasteiger partial charge in [-0.25, -0.2) is 0 Å². The maximum atomic E-state index is 11.0.